The van der Waals surface area contributed by atoms with Crippen LogP contribution < -0.4 is 5.32 Å². The summed E-state index contributed by atoms with van der Waals surface area (Å²) in [4.78, 5) is 2.72. The normalized spacial score (nSPS) is 24.0. The van der Waals surface area contributed by atoms with E-state index < -0.39 is 0 Å². The monoisotopic (exact) mass is 282 g/mol. The van der Waals surface area contributed by atoms with Crippen LogP contribution in [0.4, 0.5) is 0 Å². The molecule has 1 heterocycles. The highest BCUT2D eigenvalue weighted by Gasteiger charge is 2.34. The van der Waals surface area contributed by atoms with Crippen molar-refractivity contribution in [1.29, 1.82) is 0 Å². The smallest absolute Gasteiger partial charge is 0.00476 e. The molecule has 1 aliphatic heterocycles. The standard InChI is InChI=1S/C18H38N2/c1-7-10-18(6,14-19-11-8-2)15-20-12-9-16(13-20)17(3,4)5/h16,19H,7-15H2,1-6H3. The topological polar surface area (TPSA) is 15.3 Å². The van der Waals surface area contributed by atoms with Gasteiger partial charge in [0.25, 0.3) is 0 Å². The van der Waals surface area contributed by atoms with Gasteiger partial charge in [-0.25, -0.2) is 0 Å². The molecule has 0 amide bonds. The number of hydrogen-bond acceptors (Lipinski definition) is 2. The van der Waals surface area contributed by atoms with Crippen LogP contribution in [0, 0.1) is 16.7 Å². The van der Waals surface area contributed by atoms with E-state index in [4.69, 9.17) is 0 Å². The fraction of sp³-hybridized carbons (Fsp3) is 1.00. The van der Waals surface area contributed by atoms with Gasteiger partial charge in [0.1, 0.15) is 0 Å². The lowest BCUT2D eigenvalue weighted by Gasteiger charge is -2.35. The molecule has 0 aliphatic carbocycles. The van der Waals surface area contributed by atoms with Crippen LogP contribution in [-0.2, 0) is 0 Å². The first-order valence-corrected chi connectivity index (χ1v) is 8.74. The minimum Gasteiger partial charge on any atom is -0.316 e. The highest BCUT2D eigenvalue weighted by atomic mass is 15.2. The Labute approximate surface area is 127 Å². The molecule has 0 radical (unpaired) electrons. The van der Waals surface area contributed by atoms with Crippen molar-refractivity contribution in [2.24, 2.45) is 16.7 Å². The highest BCUT2D eigenvalue weighted by molar-refractivity contribution is 4.88. The summed E-state index contributed by atoms with van der Waals surface area (Å²) in [6, 6.07) is 0. The Balaban J connectivity index is 2.49. The van der Waals surface area contributed by atoms with Crippen LogP contribution >= 0.6 is 0 Å². The summed E-state index contributed by atoms with van der Waals surface area (Å²) in [6.45, 7) is 20.4. The molecule has 2 atom stereocenters. The molecular weight excluding hydrogens is 244 g/mol. The van der Waals surface area contributed by atoms with Gasteiger partial charge in [0.05, 0.1) is 0 Å². The molecule has 0 spiro atoms. The van der Waals surface area contributed by atoms with Crippen molar-refractivity contribution >= 4 is 0 Å². The summed E-state index contributed by atoms with van der Waals surface area (Å²) in [6.07, 6.45) is 5.24. The fourth-order valence-electron chi connectivity index (χ4n) is 3.62. The van der Waals surface area contributed by atoms with Crippen molar-refractivity contribution in [1.82, 2.24) is 10.2 Å². The van der Waals surface area contributed by atoms with Crippen LogP contribution in [0.1, 0.15) is 67.2 Å². The first-order valence-electron chi connectivity index (χ1n) is 8.74. The quantitative estimate of drug-likeness (QED) is 0.673. The van der Waals surface area contributed by atoms with E-state index in [9.17, 15) is 0 Å². The highest BCUT2D eigenvalue weighted by Crippen LogP contribution is 2.35. The molecule has 0 aromatic carbocycles. The molecule has 2 nitrogen and oxygen atoms in total. The Morgan fingerprint density at radius 2 is 1.80 bits per heavy atom. The van der Waals surface area contributed by atoms with Gasteiger partial charge in [-0.3, -0.25) is 0 Å². The lowest BCUT2D eigenvalue weighted by molar-refractivity contribution is 0.155. The van der Waals surface area contributed by atoms with E-state index in [1.165, 1.54) is 51.9 Å². The first-order chi connectivity index (χ1) is 9.30. The molecule has 1 rings (SSSR count). The third-order valence-electron chi connectivity index (χ3n) is 4.93. The maximum absolute atomic E-state index is 3.65. The van der Waals surface area contributed by atoms with E-state index in [2.05, 4.69) is 51.8 Å². The zero-order valence-corrected chi connectivity index (χ0v) is 14.9. The van der Waals surface area contributed by atoms with Gasteiger partial charge in [0.15, 0.2) is 0 Å². The van der Waals surface area contributed by atoms with Gasteiger partial charge in [0.2, 0.25) is 0 Å². The van der Waals surface area contributed by atoms with Gasteiger partial charge in [-0.05, 0) is 49.1 Å². The van der Waals surface area contributed by atoms with Crippen molar-refractivity contribution in [3.63, 3.8) is 0 Å². The molecule has 2 heteroatoms. The van der Waals surface area contributed by atoms with Crippen LogP contribution in [0.15, 0.2) is 0 Å². The molecule has 1 aliphatic rings. The van der Waals surface area contributed by atoms with Gasteiger partial charge in [-0.1, -0.05) is 48.0 Å². The van der Waals surface area contributed by atoms with Crippen LogP contribution in [-0.4, -0.2) is 37.6 Å². The van der Waals surface area contributed by atoms with E-state index in [1.54, 1.807) is 0 Å². The predicted molar refractivity (Wildman–Crippen MR) is 90.2 cm³/mol. The van der Waals surface area contributed by atoms with Crippen molar-refractivity contribution < 1.29 is 0 Å². The van der Waals surface area contributed by atoms with E-state index in [-0.39, 0.29) is 0 Å². The molecular formula is C18H38N2. The minimum absolute atomic E-state index is 0.441. The largest absolute Gasteiger partial charge is 0.316 e. The molecule has 20 heavy (non-hydrogen) atoms. The van der Waals surface area contributed by atoms with Crippen molar-refractivity contribution in [3.05, 3.63) is 0 Å². The van der Waals surface area contributed by atoms with Gasteiger partial charge >= 0.3 is 0 Å². The number of nitrogens with zero attached hydrogens (tertiary/aromatic N) is 1. The third kappa shape index (κ3) is 5.73. The Hall–Kier alpha value is -0.0800. The number of hydrogen-bond donors (Lipinski definition) is 1. The maximum atomic E-state index is 3.65. The molecule has 1 fully saturated rings. The Bertz CT molecular complexity index is 269. The zero-order chi connectivity index (χ0) is 15.2. The van der Waals surface area contributed by atoms with Gasteiger partial charge < -0.3 is 10.2 Å². The summed E-state index contributed by atoms with van der Waals surface area (Å²) < 4.78 is 0. The molecule has 0 bridgehead atoms. The lowest BCUT2D eigenvalue weighted by Crippen LogP contribution is -2.42. The summed E-state index contributed by atoms with van der Waals surface area (Å²) in [5.41, 5.74) is 0.910. The second-order valence-corrected chi connectivity index (χ2v) is 8.32. The first kappa shape index (κ1) is 18.0. The van der Waals surface area contributed by atoms with Crippen LogP contribution in [0.2, 0.25) is 0 Å². The van der Waals surface area contributed by atoms with Crippen molar-refractivity contribution in [2.75, 3.05) is 32.7 Å². The van der Waals surface area contributed by atoms with E-state index in [0.29, 0.717) is 10.8 Å². The summed E-state index contributed by atoms with van der Waals surface area (Å²) in [5.74, 6) is 0.872. The Morgan fingerprint density at radius 3 is 2.30 bits per heavy atom. The lowest BCUT2D eigenvalue weighted by atomic mass is 9.80. The second kappa shape index (κ2) is 7.79. The van der Waals surface area contributed by atoms with Crippen LogP contribution in [0.25, 0.3) is 0 Å². The van der Waals surface area contributed by atoms with E-state index in [0.717, 1.165) is 12.5 Å². The predicted octanol–water partition coefficient (Wildman–Crippen LogP) is 4.16. The van der Waals surface area contributed by atoms with E-state index in [1.807, 2.05) is 0 Å². The summed E-state index contributed by atoms with van der Waals surface area (Å²) >= 11 is 0. The number of nitrogens with one attached hydrogen (secondary N) is 1. The second-order valence-electron chi connectivity index (χ2n) is 8.32. The molecule has 0 aromatic rings. The van der Waals surface area contributed by atoms with Crippen molar-refractivity contribution in [3.8, 4) is 0 Å². The third-order valence-corrected chi connectivity index (χ3v) is 4.93. The SMILES string of the molecule is CCCNCC(C)(CCC)CN1CCC(C(C)(C)C)C1. The van der Waals surface area contributed by atoms with Crippen molar-refractivity contribution in [2.45, 2.75) is 67.2 Å². The summed E-state index contributed by atoms with van der Waals surface area (Å²) in [5, 5.41) is 3.65. The van der Waals surface area contributed by atoms with E-state index >= 15 is 0 Å². The zero-order valence-electron chi connectivity index (χ0n) is 14.9. The van der Waals surface area contributed by atoms with Crippen LogP contribution in [0.5, 0.6) is 0 Å². The minimum atomic E-state index is 0.441. The Kier molecular flexibility index (Phi) is 7.00. The number of rotatable bonds is 8. The fourth-order valence-corrected chi connectivity index (χ4v) is 3.62. The van der Waals surface area contributed by atoms with Gasteiger partial charge in [-0.15, -0.1) is 0 Å². The van der Waals surface area contributed by atoms with Gasteiger partial charge in [-0.2, -0.15) is 0 Å². The summed E-state index contributed by atoms with van der Waals surface area (Å²) in [7, 11) is 0. The molecule has 120 valence electrons. The maximum Gasteiger partial charge on any atom is 0.00476 e. The molecule has 0 saturated carbocycles. The average molecular weight is 283 g/mol. The molecule has 0 aromatic heterocycles. The molecule has 1 N–H and O–H groups in total. The molecule has 1 saturated heterocycles. The van der Waals surface area contributed by atoms with Gasteiger partial charge in [0, 0.05) is 19.6 Å². The number of likely N-dealkylation sites (tertiary alicyclic amines) is 1. The average Bonchev–Trinajstić information content (AvgIpc) is 2.77. The molecule has 2 unspecified atom stereocenters. The Morgan fingerprint density at radius 1 is 1.10 bits per heavy atom. The van der Waals surface area contributed by atoms with Crippen LogP contribution in [0.3, 0.4) is 0 Å².